The minimum Gasteiger partial charge on any atom is -0.461 e. The van der Waals surface area contributed by atoms with Gasteiger partial charge in [-0.05, 0) is 54.9 Å². The van der Waals surface area contributed by atoms with Gasteiger partial charge in [-0.15, -0.1) is 0 Å². The van der Waals surface area contributed by atoms with E-state index in [1.54, 1.807) is 0 Å². The fourth-order valence-electron chi connectivity index (χ4n) is 5.48. The molecule has 0 aromatic heterocycles. The number of hydrogen-bond acceptors (Lipinski definition) is 2. The van der Waals surface area contributed by atoms with E-state index in [0.717, 1.165) is 12.0 Å². The highest BCUT2D eigenvalue weighted by Crippen LogP contribution is 2.60. The first-order valence-corrected chi connectivity index (χ1v) is 9.71. The maximum atomic E-state index is 12.6. The Bertz CT molecular complexity index is 656. The third-order valence-corrected chi connectivity index (χ3v) is 6.81. The van der Waals surface area contributed by atoms with Gasteiger partial charge in [0.1, 0.15) is 6.61 Å². The standard InChI is InChI=1S/C23H32O2/c1-17-11-12-20-22(2,3)13-8-14-23(20,4)19(17)15-21(24)25-16-18-9-6-5-7-10-18/h5-7,9-10,20H,8,11-16H2,1-4H3/t20-,23+/m0/s1. The van der Waals surface area contributed by atoms with Gasteiger partial charge in [0, 0.05) is 0 Å². The van der Waals surface area contributed by atoms with Crippen LogP contribution in [0.15, 0.2) is 41.5 Å². The first kappa shape index (κ1) is 18.2. The molecule has 0 aliphatic heterocycles. The minimum atomic E-state index is -0.0801. The molecule has 0 radical (unpaired) electrons. The van der Waals surface area contributed by atoms with Gasteiger partial charge in [-0.1, -0.05) is 68.7 Å². The van der Waals surface area contributed by atoms with Crippen molar-refractivity contribution < 1.29 is 9.53 Å². The lowest BCUT2D eigenvalue weighted by molar-refractivity contribution is -0.144. The summed E-state index contributed by atoms with van der Waals surface area (Å²) in [6.45, 7) is 9.84. The Morgan fingerprint density at radius 2 is 1.88 bits per heavy atom. The number of ether oxygens (including phenoxy) is 1. The molecule has 0 spiro atoms. The molecule has 2 atom stereocenters. The van der Waals surface area contributed by atoms with Crippen LogP contribution in [0, 0.1) is 16.7 Å². The molecule has 3 rings (SSSR count). The molecular weight excluding hydrogens is 308 g/mol. The zero-order chi connectivity index (χ0) is 18.1. The summed E-state index contributed by atoms with van der Waals surface area (Å²) in [7, 11) is 0. The maximum Gasteiger partial charge on any atom is 0.310 e. The summed E-state index contributed by atoms with van der Waals surface area (Å²) in [5, 5.41) is 0. The molecule has 0 unspecified atom stereocenters. The molecule has 136 valence electrons. The number of carbonyl (C=O) groups is 1. The van der Waals surface area contributed by atoms with Crippen molar-refractivity contribution in [3.63, 3.8) is 0 Å². The Kier molecular flexibility index (Phi) is 5.09. The first-order chi connectivity index (χ1) is 11.8. The van der Waals surface area contributed by atoms with Crippen molar-refractivity contribution in [3.05, 3.63) is 47.0 Å². The molecule has 2 aliphatic carbocycles. The second kappa shape index (κ2) is 6.97. The second-order valence-corrected chi connectivity index (χ2v) is 8.93. The molecule has 25 heavy (non-hydrogen) atoms. The number of fused-ring (bicyclic) bond motifs is 1. The summed E-state index contributed by atoms with van der Waals surface area (Å²) >= 11 is 0. The Morgan fingerprint density at radius 3 is 2.60 bits per heavy atom. The summed E-state index contributed by atoms with van der Waals surface area (Å²) in [4.78, 5) is 12.6. The fraction of sp³-hybridized carbons (Fsp3) is 0.609. The molecule has 1 aromatic rings. The molecule has 2 aliphatic rings. The topological polar surface area (TPSA) is 26.3 Å². The van der Waals surface area contributed by atoms with Gasteiger partial charge in [0.05, 0.1) is 6.42 Å². The highest BCUT2D eigenvalue weighted by atomic mass is 16.5. The van der Waals surface area contributed by atoms with Crippen LogP contribution in [0.25, 0.3) is 0 Å². The van der Waals surface area contributed by atoms with Crippen molar-refractivity contribution in [1.29, 1.82) is 0 Å². The number of benzene rings is 1. The summed E-state index contributed by atoms with van der Waals surface area (Å²) in [6, 6.07) is 9.94. The van der Waals surface area contributed by atoms with Crippen LogP contribution in [-0.2, 0) is 16.1 Å². The third-order valence-electron chi connectivity index (χ3n) is 6.81. The van der Waals surface area contributed by atoms with Crippen LogP contribution in [-0.4, -0.2) is 5.97 Å². The summed E-state index contributed by atoms with van der Waals surface area (Å²) < 4.78 is 5.58. The van der Waals surface area contributed by atoms with Crippen LogP contribution in [0.1, 0.15) is 71.8 Å². The molecule has 0 amide bonds. The van der Waals surface area contributed by atoms with E-state index < -0.39 is 0 Å². The van der Waals surface area contributed by atoms with Crippen LogP contribution < -0.4 is 0 Å². The number of rotatable bonds is 4. The van der Waals surface area contributed by atoms with Crippen molar-refractivity contribution >= 4 is 5.97 Å². The van der Waals surface area contributed by atoms with E-state index in [0.29, 0.717) is 24.4 Å². The highest BCUT2D eigenvalue weighted by Gasteiger charge is 2.50. The zero-order valence-corrected chi connectivity index (χ0v) is 16.2. The van der Waals surface area contributed by atoms with Crippen LogP contribution in [0.3, 0.4) is 0 Å². The zero-order valence-electron chi connectivity index (χ0n) is 16.2. The number of esters is 1. The van der Waals surface area contributed by atoms with Gasteiger partial charge in [-0.3, -0.25) is 4.79 Å². The lowest BCUT2D eigenvalue weighted by Gasteiger charge is -2.55. The van der Waals surface area contributed by atoms with Crippen LogP contribution in [0.5, 0.6) is 0 Å². The molecule has 0 saturated heterocycles. The van der Waals surface area contributed by atoms with E-state index in [1.165, 1.54) is 36.8 Å². The van der Waals surface area contributed by atoms with E-state index in [-0.39, 0.29) is 11.4 Å². The van der Waals surface area contributed by atoms with Gasteiger partial charge in [0.25, 0.3) is 0 Å². The predicted molar refractivity (Wildman–Crippen MR) is 102 cm³/mol. The summed E-state index contributed by atoms with van der Waals surface area (Å²) in [5.74, 6) is 0.595. The second-order valence-electron chi connectivity index (χ2n) is 8.93. The lowest BCUT2D eigenvalue weighted by atomic mass is 9.50. The van der Waals surface area contributed by atoms with Crippen LogP contribution in [0.4, 0.5) is 0 Å². The van der Waals surface area contributed by atoms with Crippen molar-refractivity contribution in [2.75, 3.05) is 0 Å². The quantitative estimate of drug-likeness (QED) is 0.491. The molecule has 2 nitrogen and oxygen atoms in total. The SMILES string of the molecule is CC1=C(CC(=O)OCc2ccccc2)[C@@]2(C)CCCC(C)(C)[C@@H]2CC1. The molecule has 2 heteroatoms. The smallest absolute Gasteiger partial charge is 0.310 e. The van der Waals surface area contributed by atoms with Gasteiger partial charge in [0.2, 0.25) is 0 Å². The van der Waals surface area contributed by atoms with Gasteiger partial charge >= 0.3 is 5.97 Å². The number of carbonyl (C=O) groups excluding carboxylic acids is 1. The molecule has 0 N–H and O–H groups in total. The van der Waals surface area contributed by atoms with Gasteiger partial charge < -0.3 is 4.74 Å². The van der Waals surface area contributed by atoms with Gasteiger partial charge in [0.15, 0.2) is 0 Å². The van der Waals surface area contributed by atoms with Gasteiger partial charge in [-0.2, -0.15) is 0 Å². The average Bonchev–Trinajstić information content (AvgIpc) is 2.56. The Balaban J connectivity index is 1.72. The third kappa shape index (κ3) is 3.68. The largest absolute Gasteiger partial charge is 0.461 e. The number of hydrogen-bond donors (Lipinski definition) is 0. The van der Waals surface area contributed by atoms with Crippen LogP contribution in [0.2, 0.25) is 0 Å². The Morgan fingerprint density at radius 1 is 1.16 bits per heavy atom. The number of allylic oxidation sites excluding steroid dienone is 1. The normalized spacial score (nSPS) is 28.4. The molecular formula is C23H32O2. The molecule has 1 saturated carbocycles. The lowest BCUT2D eigenvalue weighted by Crippen LogP contribution is -2.45. The minimum absolute atomic E-state index is 0.0801. The fourth-order valence-corrected chi connectivity index (χ4v) is 5.48. The van der Waals surface area contributed by atoms with Crippen molar-refractivity contribution in [3.8, 4) is 0 Å². The van der Waals surface area contributed by atoms with E-state index >= 15 is 0 Å². The monoisotopic (exact) mass is 340 g/mol. The Labute approximate surface area is 152 Å². The van der Waals surface area contributed by atoms with Crippen molar-refractivity contribution in [1.82, 2.24) is 0 Å². The molecule has 0 bridgehead atoms. The summed E-state index contributed by atoms with van der Waals surface area (Å²) in [5.41, 5.74) is 4.37. The van der Waals surface area contributed by atoms with E-state index in [4.69, 9.17) is 4.74 Å². The van der Waals surface area contributed by atoms with E-state index in [9.17, 15) is 4.79 Å². The van der Waals surface area contributed by atoms with E-state index in [2.05, 4.69) is 27.7 Å². The Hall–Kier alpha value is -1.57. The molecule has 0 heterocycles. The highest BCUT2D eigenvalue weighted by molar-refractivity contribution is 5.73. The van der Waals surface area contributed by atoms with Crippen LogP contribution >= 0.6 is 0 Å². The molecule has 1 fully saturated rings. The summed E-state index contributed by atoms with van der Waals surface area (Å²) in [6.07, 6.45) is 6.62. The molecule has 1 aromatic carbocycles. The van der Waals surface area contributed by atoms with Crippen molar-refractivity contribution in [2.45, 2.75) is 72.8 Å². The van der Waals surface area contributed by atoms with Crippen molar-refractivity contribution in [2.24, 2.45) is 16.7 Å². The average molecular weight is 341 g/mol. The van der Waals surface area contributed by atoms with E-state index in [1.807, 2.05) is 30.3 Å². The predicted octanol–water partition coefficient (Wildman–Crippen LogP) is 6.06. The van der Waals surface area contributed by atoms with Gasteiger partial charge in [-0.25, -0.2) is 0 Å². The maximum absolute atomic E-state index is 12.6. The first-order valence-electron chi connectivity index (χ1n) is 9.71.